The zero-order valence-electron chi connectivity index (χ0n) is 29.0. The Kier molecular flexibility index (Phi) is 20.6. The molecule has 0 saturated carbocycles. The number of thioether (sulfide) groups is 2. The van der Waals surface area contributed by atoms with Gasteiger partial charge < -0.3 is 34.4 Å². The van der Waals surface area contributed by atoms with E-state index in [0.29, 0.717) is 51.7 Å². The molecule has 2 heterocycles. The van der Waals surface area contributed by atoms with Crippen LogP contribution in [0.15, 0.2) is 94.6 Å². The number of guanidine groups is 2. The van der Waals surface area contributed by atoms with Gasteiger partial charge in [0.25, 0.3) is 0 Å². The summed E-state index contributed by atoms with van der Waals surface area (Å²) in [5, 5.41) is 9.42. The fourth-order valence-electron chi connectivity index (χ4n) is 3.38. The minimum Gasteiger partial charge on any atom is -0.386 e. The molecular formula is C30H40N14O5S6. The van der Waals surface area contributed by atoms with Crippen LogP contribution < -0.4 is 39.5 Å². The number of aliphatic imine (C=N–C) groups is 2. The monoisotopic (exact) mass is 868 g/mol. The van der Waals surface area contributed by atoms with Gasteiger partial charge in [-0.1, -0.05) is 60.7 Å². The van der Waals surface area contributed by atoms with Gasteiger partial charge in [0.05, 0.1) is 11.4 Å². The van der Waals surface area contributed by atoms with Crippen LogP contribution in [-0.4, -0.2) is 74.4 Å². The molecule has 0 bridgehead atoms. The molecule has 4 rings (SSSR count). The normalized spacial score (nSPS) is 11.8. The van der Waals surface area contributed by atoms with Crippen LogP contribution in [0.4, 0.5) is 10.3 Å². The van der Waals surface area contributed by atoms with Crippen LogP contribution in [0.2, 0.25) is 0 Å². The van der Waals surface area contributed by atoms with Gasteiger partial charge in [-0.25, -0.2) is 15.1 Å². The third kappa shape index (κ3) is 22.8. The number of carbonyl (C=O) groups is 1. The number of thiazole rings is 2. The Labute approximate surface area is 335 Å². The van der Waals surface area contributed by atoms with Crippen molar-refractivity contribution < 1.29 is 21.6 Å². The lowest BCUT2D eigenvalue weighted by Crippen LogP contribution is -2.21. The third-order valence-corrected chi connectivity index (χ3v) is 10.5. The molecule has 0 aliphatic carbocycles. The van der Waals surface area contributed by atoms with Gasteiger partial charge in [-0.3, -0.25) is 4.79 Å². The van der Waals surface area contributed by atoms with Crippen molar-refractivity contribution in [1.82, 2.24) is 9.97 Å². The van der Waals surface area contributed by atoms with Crippen molar-refractivity contribution in [3.05, 3.63) is 93.9 Å². The lowest BCUT2D eigenvalue weighted by Gasteiger charge is -2.00. The van der Waals surface area contributed by atoms with Crippen molar-refractivity contribution in [3.8, 4) is 0 Å². The standard InChI is InChI=1S/C15H19N7O2S3.C8H15N7O2S3.C7H6O/c16-13(22-27(23,24)19-8-11-4-2-1-3-5-11)6-7-25-9-12-10-26-15(20-12)21-14(17)18;9-6(15-20(12,16)17)1-2-18-3-5-4-19-8(13-5)14-7(10)11;8-6-7-4-2-1-3-5-7/h1-5,8,10H,6-7,9H2,(H2,16,22)(H4,17,18,20,21);4H,1-3H2,(H2,9,15)(H2,12,16,17)(H4,10,11,13,14);1-6H. The summed E-state index contributed by atoms with van der Waals surface area (Å²) in [6, 6.07) is 18.0. The number of nitrogens with zero attached hydrogens (tertiary/aromatic N) is 7. The molecule has 19 nitrogen and oxygen atoms in total. The quantitative estimate of drug-likeness (QED) is 0.0346. The second-order valence-corrected chi connectivity index (χ2v) is 16.6. The smallest absolute Gasteiger partial charge is 0.364 e. The van der Waals surface area contributed by atoms with Crippen molar-refractivity contribution >= 4 is 113 Å². The Morgan fingerprint density at radius 1 is 0.673 bits per heavy atom. The highest BCUT2D eigenvalue weighted by Crippen LogP contribution is 2.23. The van der Waals surface area contributed by atoms with Gasteiger partial charge in [-0.2, -0.15) is 54.7 Å². The van der Waals surface area contributed by atoms with E-state index in [2.05, 4.69) is 33.1 Å². The molecule has 2 aromatic carbocycles. The molecule has 0 saturated heterocycles. The average Bonchev–Trinajstić information content (AvgIpc) is 3.76. The van der Waals surface area contributed by atoms with Gasteiger partial charge in [-0.05, 0) is 5.56 Å². The molecule has 25 heteroatoms. The second kappa shape index (κ2) is 24.5. The molecule has 0 spiro atoms. The summed E-state index contributed by atoms with van der Waals surface area (Å²) in [6.07, 6.45) is 2.71. The first-order valence-electron chi connectivity index (χ1n) is 15.3. The first kappa shape index (κ1) is 46.2. The molecule has 296 valence electrons. The van der Waals surface area contributed by atoms with E-state index in [1.165, 1.54) is 40.7 Å². The number of rotatable bonds is 17. The average molecular weight is 869 g/mol. The van der Waals surface area contributed by atoms with E-state index in [-0.39, 0.29) is 23.6 Å². The Morgan fingerprint density at radius 2 is 1.11 bits per heavy atom. The highest BCUT2D eigenvalue weighted by atomic mass is 32.2. The predicted molar refractivity (Wildman–Crippen MR) is 228 cm³/mol. The lowest BCUT2D eigenvalue weighted by atomic mass is 10.2. The summed E-state index contributed by atoms with van der Waals surface area (Å²) in [7, 11) is -7.92. The van der Waals surface area contributed by atoms with E-state index >= 15 is 0 Å². The highest BCUT2D eigenvalue weighted by molar-refractivity contribution is 7.98. The Morgan fingerprint density at radius 3 is 1.51 bits per heavy atom. The van der Waals surface area contributed by atoms with Crippen LogP contribution in [0.5, 0.6) is 0 Å². The van der Waals surface area contributed by atoms with Crippen molar-refractivity contribution in [2.24, 2.45) is 62.7 Å². The summed E-state index contributed by atoms with van der Waals surface area (Å²) in [5.74, 6) is 2.37. The fourth-order valence-corrected chi connectivity index (χ4v) is 7.82. The minimum atomic E-state index is -4.00. The number of hydrogen-bond donors (Lipinski definition) is 7. The second-order valence-electron chi connectivity index (χ2n) is 10.2. The maximum absolute atomic E-state index is 11.8. The molecule has 2 aromatic heterocycles. The molecule has 55 heavy (non-hydrogen) atoms. The summed E-state index contributed by atoms with van der Waals surface area (Å²) < 4.78 is 55.2. The van der Waals surface area contributed by atoms with Crippen LogP contribution in [0, 0.1) is 0 Å². The SMILES string of the molecule is NC(N)=Nc1nc(CSCCC(N)=NS(=O)(=O)N=Cc2ccccc2)cs1.NC(N)=Nc1nc(CSCCC(N)=NS(N)(=O)=O)cs1.O=Cc1ccccc1. The molecule has 14 N–H and O–H groups in total. The maximum Gasteiger partial charge on any atom is 0.364 e. The molecule has 0 aliphatic heterocycles. The molecule has 0 aliphatic rings. The summed E-state index contributed by atoms with van der Waals surface area (Å²) in [5.41, 5.74) is 35.2. The predicted octanol–water partition coefficient (Wildman–Crippen LogP) is 2.12. The molecule has 0 radical (unpaired) electrons. The first-order valence-corrected chi connectivity index (χ1v) is 22.3. The third-order valence-electron chi connectivity index (χ3n) is 5.58. The molecule has 0 atom stereocenters. The number of amidine groups is 2. The van der Waals surface area contributed by atoms with Crippen LogP contribution in [0.3, 0.4) is 0 Å². The molecule has 0 unspecified atom stereocenters. The number of hydrogen-bond acceptors (Lipinski definition) is 13. The largest absolute Gasteiger partial charge is 0.386 e. The number of nitrogens with two attached hydrogens (primary N) is 7. The lowest BCUT2D eigenvalue weighted by molar-refractivity contribution is 0.112. The summed E-state index contributed by atoms with van der Waals surface area (Å²) in [6.45, 7) is 0. The van der Waals surface area contributed by atoms with Gasteiger partial charge in [0, 0.05) is 58.4 Å². The summed E-state index contributed by atoms with van der Waals surface area (Å²) in [4.78, 5) is 26.2. The number of benzene rings is 2. The maximum atomic E-state index is 11.8. The van der Waals surface area contributed by atoms with Crippen LogP contribution in [0.25, 0.3) is 0 Å². The van der Waals surface area contributed by atoms with Gasteiger partial charge in [0.15, 0.2) is 11.9 Å². The number of aromatic nitrogens is 2. The van der Waals surface area contributed by atoms with Crippen LogP contribution in [-0.2, 0) is 31.9 Å². The van der Waals surface area contributed by atoms with Crippen LogP contribution in [0.1, 0.15) is 40.2 Å². The highest BCUT2D eigenvalue weighted by Gasteiger charge is 2.08. The van der Waals surface area contributed by atoms with Crippen molar-refractivity contribution in [3.63, 3.8) is 0 Å². The Bertz CT molecular complexity index is 2150. The van der Waals surface area contributed by atoms with Crippen molar-refractivity contribution in [2.75, 3.05) is 11.5 Å². The Hall–Kier alpha value is -4.92. The zero-order valence-corrected chi connectivity index (χ0v) is 33.9. The number of carbonyl (C=O) groups excluding carboxylic acids is 1. The minimum absolute atomic E-state index is 0.00665. The van der Waals surface area contributed by atoms with E-state index in [1.54, 1.807) is 48.2 Å². The first-order chi connectivity index (χ1) is 26.0. The van der Waals surface area contributed by atoms with E-state index in [1.807, 2.05) is 35.0 Å². The molecule has 0 fully saturated rings. The Balaban J connectivity index is 0.000000325. The molecule has 4 aromatic rings. The van der Waals surface area contributed by atoms with E-state index in [0.717, 1.165) is 23.2 Å². The van der Waals surface area contributed by atoms with E-state index < -0.39 is 20.4 Å². The van der Waals surface area contributed by atoms with E-state index in [4.69, 9.17) is 39.5 Å². The summed E-state index contributed by atoms with van der Waals surface area (Å²) >= 11 is 5.74. The molecular weight excluding hydrogens is 829 g/mol. The van der Waals surface area contributed by atoms with Crippen LogP contribution >= 0.6 is 46.2 Å². The topological polar surface area (TPSA) is 355 Å². The fraction of sp³-hybridized carbons (Fsp3) is 0.200. The van der Waals surface area contributed by atoms with Crippen molar-refractivity contribution in [2.45, 2.75) is 24.3 Å². The number of aldehydes is 1. The zero-order chi connectivity index (χ0) is 40.7. The van der Waals surface area contributed by atoms with E-state index in [9.17, 15) is 21.6 Å². The van der Waals surface area contributed by atoms with Gasteiger partial charge in [-0.15, -0.1) is 31.5 Å². The van der Waals surface area contributed by atoms with Gasteiger partial charge >= 0.3 is 20.4 Å². The van der Waals surface area contributed by atoms with Gasteiger partial charge in [0.2, 0.25) is 10.3 Å². The van der Waals surface area contributed by atoms with Gasteiger partial charge in [0.1, 0.15) is 18.0 Å². The van der Waals surface area contributed by atoms with Crippen molar-refractivity contribution in [1.29, 1.82) is 0 Å². The molecule has 0 amide bonds.